The van der Waals surface area contributed by atoms with Gasteiger partial charge in [-0.25, -0.2) is 0 Å². The maximum absolute atomic E-state index is 13.6. The second-order valence-corrected chi connectivity index (χ2v) is 7.60. The van der Waals surface area contributed by atoms with Crippen LogP contribution in [-0.2, 0) is 6.54 Å². The van der Waals surface area contributed by atoms with Crippen LogP contribution in [0.4, 0.5) is 0 Å². The van der Waals surface area contributed by atoms with Gasteiger partial charge in [-0.1, -0.05) is 24.3 Å². The monoisotopic (exact) mass is 434 g/mol. The van der Waals surface area contributed by atoms with E-state index in [0.29, 0.717) is 54.6 Å². The zero-order chi connectivity index (χ0) is 22.7. The Labute approximate surface area is 186 Å². The fourth-order valence-electron chi connectivity index (χ4n) is 3.96. The molecule has 0 N–H and O–H groups in total. The minimum absolute atomic E-state index is 0.157. The first kappa shape index (κ1) is 21.5. The van der Waals surface area contributed by atoms with E-state index in [2.05, 4.69) is 0 Å². The van der Waals surface area contributed by atoms with Gasteiger partial charge in [0.1, 0.15) is 11.3 Å². The number of aryl methyl sites for hydroxylation is 1. The molecule has 7 heteroatoms. The molecule has 0 saturated carbocycles. The van der Waals surface area contributed by atoms with Gasteiger partial charge < -0.3 is 19.1 Å². The maximum Gasteiger partial charge on any atom is 0.268 e. The van der Waals surface area contributed by atoms with Gasteiger partial charge in [0.25, 0.3) is 11.5 Å². The molecule has 7 nitrogen and oxygen atoms in total. The van der Waals surface area contributed by atoms with E-state index in [9.17, 15) is 9.59 Å². The maximum atomic E-state index is 13.6. The predicted molar refractivity (Wildman–Crippen MR) is 121 cm³/mol. The second-order valence-electron chi connectivity index (χ2n) is 7.60. The summed E-state index contributed by atoms with van der Waals surface area (Å²) in [5, 5.41) is 0. The summed E-state index contributed by atoms with van der Waals surface area (Å²) in [6.45, 7) is 3.05. The molecule has 166 valence electrons. The Balaban J connectivity index is 1.75. The third-order valence-electron chi connectivity index (χ3n) is 5.61. The molecule has 1 aliphatic heterocycles. The first-order valence-electron chi connectivity index (χ1n) is 10.5. The molecular weight excluding hydrogens is 408 g/mol. The van der Waals surface area contributed by atoms with Crippen molar-refractivity contribution in [3.8, 4) is 22.9 Å². The molecule has 0 spiro atoms. The number of carbonyl (C=O) groups excluding carboxylic acids is 1. The van der Waals surface area contributed by atoms with Crippen molar-refractivity contribution in [3.05, 3.63) is 81.8 Å². The lowest BCUT2D eigenvalue weighted by molar-refractivity contribution is 0.0718. The molecule has 2 heterocycles. The van der Waals surface area contributed by atoms with Crippen molar-refractivity contribution in [2.24, 2.45) is 0 Å². The normalized spacial score (nSPS) is 13.4. The number of aromatic nitrogens is 1. The SMILES string of the molecule is COc1ccccc1-n1ccc(C)c(C(=O)N2CCCOc3c(cccc3OC)C2)c1=O. The number of amides is 1. The van der Waals surface area contributed by atoms with Gasteiger partial charge in [0.05, 0.1) is 26.5 Å². The summed E-state index contributed by atoms with van der Waals surface area (Å²) in [4.78, 5) is 28.8. The van der Waals surface area contributed by atoms with E-state index >= 15 is 0 Å². The average Bonchev–Trinajstić information content (AvgIpc) is 2.79. The highest BCUT2D eigenvalue weighted by atomic mass is 16.5. The van der Waals surface area contributed by atoms with E-state index in [4.69, 9.17) is 14.2 Å². The number of para-hydroxylation sites is 3. The number of carbonyl (C=O) groups is 1. The number of hydrogen-bond donors (Lipinski definition) is 0. The van der Waals surface area contributed by atoms with Crippen LogP contribution in [0.1, 0.15) is 27.9 Å². The highest BCUT2D eigenvalue weighted by molar-refractivity contribution is 5.95. The molecule has 32 heavy (non-hydrogen) atoms. The van der Waals surface area contributed by atoms with Crippen LogP contribution in [-0.4, -0.2) is 42.7 Å². The Bertz CT molecular complexity index is 1200. The molecular formula is C25H26N2O5. The van der Waals surface area contributed by atoms with Gasteiger partial charge in [0.2, 0.25) is 0 Å². The zero-order valence-electron chi connectivity index (χ0n) is 18.5. The van der Waals surface area contributed by atoms with E-state index < -0.39 is 0 Å². The lowest BCUT2D eigenvalue weighted by Gasteiger charge is -2.27. The number of benzene rings is 2. The van der Waals surface area contributed by atoms with Crippen LogP contribution in [0.15, 0.2) is 59.5 Å². The van der Waals surface area contributed by atoms with Crippen LogP contribution in [0.3, 0.4) is 0 Å². The van der Waals surface area contributed by atoms with Crippen molar-refractivity contribution in [2.45, 2.75) is 19.9 Å². The van der Waals surface area contributed by atoms with Gasteiger partial charge in [-0.3, -0.25) is 14.2 Å². The van der Waals surface area contributed by atoms with Crippen molar-refractivity contribution in [2.75, 3.05) is 27.4 Å². The largest absolute Gasteiger partial charge is 0.495 e. The first-order chi connectivity index (χ1) is 15.5. The topological polar surface area (TPSA) is 70.0 Å². The zero-order valence-corrected chi connectivity index (χ0v) is 18.5. The molecule has 0 radical (unpaired) electrons. The predicted octanol–water partition coefficient (Wildman–Crippen LogP) is 3.59. The number of nitrogens with zero attached hydrogens (tertiary/aromatic N) is 2. The minimum Gasteiger partial charge on any atom is -0.495 e. The van der Waals surface area contributed by atoms with Gasteiger partial charge in [0.15, 0.2) is 11.5 Å². The number of ether oxygens (including phenoxy) is 3. The summed E-state index contributed by atoms with van der Waals surface area (Å²) in [5.41, 5.74) is 1.85. The Hall–Kier alpha value is -3.74. The first-order valence-corrected chi connectivity index (χ1v) is 10.5. The van der Waals surface area contributed by atoms with E-state index in [1.54, 1.807) is 50.4 Å². The number of methoxy groups -OCH3 is 2. The molecule has 0 unspecified atom stereocenters. The second kappa shape index (κ2) is 9.18. The van der Waals surface area contributed by atoms with Crippen molar-refractivity contribution < 1.29 is 19.0 Å². The molecule has 1 aromatic heterocycles. The van der Waals surface area contributed by atoms with Gasteiger partial charge >= 0.3 is 0 Å². The average molecular weight is 434 g/mol. The summed E-state index contributed by atoms with van der Waals surface area (Å²) in [6.07, 6.45) is 2.32. The van der Waals surface area contributed by atoms with E-state index in [0.717, 1.165) is 5.56 Å². The lowest BCUT2D eigenvalue weighted by atomic mass is 10.1. The molecule has 0 saturated heterocycles. The number of rotatable bonds is 4. The molecule has 3 aromatic rings. The smallest absolute Gasteiger partial charge is 0.268 e. The number of pyridine rings is 1. The molecule has 1 amide bonds. The highest BCUT2D eigenvalue weighted by Gasteiger charge is 2.26. The number of fused-ring (bicyclic) bond motifs is 1. The molecule has 0 fully saturated rings. The third-order valence-corrected chi connectivity index (χ3v) is 5.61. The fraction of sp³-hybridized carbons (Fsp3) is 0.280. The number of hydrogen-bond acceptors (Lipinski definition) is 5. The van der Waals surface area contributed by atoms with Crippen LogP contribution in [0.25, 0.3) is 5.69 Å². The van der Waals surface area contributed by atoms with Gasteiger partial charge in [-0.2, -0.15) is 0 Å². The van der Waals surface area contributed by atoms with E-state index in [-0.39, 0.29) is 17.0 Å². The van der Waals surface area contributed by atoms with Crippen LogP contribution < -0.4 is 19.8 Å². The Morgan fingerprint density at radius 3 is 2.53 bits per heavy atom. The Morgan fingerprint density at radius 2 is 1.75 bits per heavy atom. The summed E-state index contributed by atoms with van der Waals surface area (Å²) in [5.74, 6) is 1.53. The molecule has 1 aliphatic rings. The molecule has 0 bridgehead atoms. The minimum atomic E-state index is -0.372. The van der Waals surface area contributed by atoms with Crippen LogP contribution in [0, 0.1) is 6.92 Å². The van der Waals surface area contributed by atoms with E-state index in [1.165, 1.54) is 4.57 Å². The van der Waals surface area contributed by atoms with Crippen LogP contribution >= 0.6 is 0 Å². The molecule has 4 rings (SSSR count). The summed E-state index contributed by atoms with van der Waals surface area (Å²) >= 11 is 0. The Morgan fingerprint density at radius 1 is 1.00 bits per heavy atom. The van der Waals surface area contributed by atoms with Crippen molar-refractivity contribution in [3.63, 3.8) is 0 Å². The quantitative estimate of drug-likeness (QED) is 0.628. The summed E-state index contributed by atoms with van der Waals surface area (Å²) < 4.78 is 18.2. The third kappa shape index (κ3) is 3.93. The van der Waals surface area contributed by atoms with Crippen LogP contribution in [0.5, 0.6) is 17.2 Å². The Kier molecular flexibility index (Phi) is 6.16. The van der Waals surface area contributed by atoms with Crippen molar-refractivity contribution in [1.82, 2.24) is 9.47 Å². The van der Waals surface area contributed by atoms with Crippen molar-refractivity contribution >= 4 is 5.91 Å². The van der Waals surface area contributed by atoms with E-state index in [1.807, 2.05) is 30.3 Å². The van der Waals surface area contributed by atoms with Gasteiger partial charge in [-0.15, -0.1) is 0 Å². The fourth-order valence-corrected chi connectivity index (χ4v) is 3.96. The summed E-state index contributed by atoms with van der Waals surface area (Å²) in [7, 11) is 3.15. The van der Waals surface area contributed by atoms with Gasteiger partial charge in [0, 0.05) is 24.8 Å². The van der Waals surface area contributed by atoms with Gasteiger partial charge in [-0.05, 0) is 43.2 Å². The summed E-state index contributed by atoms with van der Waals surface area (Å²) in [6, 6.07) is 14.6. The standard InChI is InChI=1S/C25H26N2O5/c1-17-12-14-27(19-9-4-5-10-20(19)30-2)25(29)22(17)24(28)26-13-7-15-32-23-18(16-26)8-6-11-21(23)31-3/h4-6,8-12,14H,7,13,15-16H2,1-3H3. The van der Waals surface area contributed by atoms with Crippen molar-refractivity contribution in [1.29, 1.82) is 0 Å². The van der Waals surface area contributed by atoms with Crippen LogP contribution in [0.2, 0.25) is 0 Å². The lowest BCUT2D eigenvalue weighted by Crippen LogP contribution is -2.38. The molecule has 0 atom stereocenters. The molecule has 0 aliphatic carbocycles. The molecule has 2 aromatic carbocycles. The highest BCUT2D eigenvalue weighted by Crippen LogP contribution is 2.33.